The van der Waals surface area contributed by atoms with Gasteiger partial charge >= 0.3 is 0 Å². The third kappa shape index (κ3) is 3.30. The van der Waals surface area contributed by atoms with Gasteiger partial charge in [0.25, 0.3) is 0 Å². The van der Waals surface area contributed by atoms with Crippen LogP contribution in [-0.2, 0) is 11.8 Å². The number of nitrogens with zero attached hydrogens (tertiary/aromatic N) is 5. The molecular weight excluding hydrogens is 328 g/mol. The van der Waals surface area contributed by atoms with Gasteiger partial charge in [0, 0.05) is 36.0 Å². The van der Waals surface area contributed by atoms with E-state index in [9.17, 15) is 4.79 Å². The SMILES string of the molecule is CC(C(=O)Nc1cc2cc(-c3cnn(C)c3)cnc2cn1)N1CCCC1. The highest BCUT2D eigenvalue weighted by atomic mass is 16.2. The van der Waals surface area contributed by atoms with Crippen molar-refractivity contribution in [1.82, 2.24) is 24.6 Å². The molecule has 1 fully saturated rings. The van der Waals surface area contributed by atoms with Crippen LogP contribution in [-0.4, -0.2) is 49.7 Å². The van der Waals surface area contributed by atoms with Crippen LogP contribution in [0.3, 0.4) is 0 Å². The minimum atomic E-state index is -0.144. The summed E-state index contributed by atoms with van der Waals surface area (Å²) >= 11 is 0. The maximum absolute atomic E-state index is 12.5. The maximum atomic E-state index is 12.5. The first kappa shape index (κ1) is 16.7. The fourth-order valence-electron chi connectivity index (χ4n) is 3.35. The van der Waals surface area contributed by atoms with E-state index in [1.54, 1.807) is 10.9 Å². The Bertz CT molecular complexity index is 944. The minimum Gasteiger partial charge on any atom is -0.309 e. The van der Waals surface area contributed by atoms with Crippen LogP contribution in [0.2, 0.25) is 0 Å². The molecule has 1 aliphatic rings. The molecule has 1 aliphatic heterocycles. The second-order valence-electron chi connectivity index (χ2n) is 6.80. The largest absolute Gasteiger partial charge is 0.309 e. The lowest BCUT2D eigenvalue weighted by atomic mass is 10.1. The van der Waals surface area contributed by atoms with Crippen molar-refractivity contribution in [3.8, 4) is 11.1 Å². The van der Waals surface area contributed by atoms with Crippen molar-refractivity contribution in [2.24, 2.45) is 7.05 Å². The standard InChI is InChI=1S/C19H22N6O/c1-13(25-5-3-4-6-25)19(26)23-18-8-14-7-15(9-20-17(14)11-21-18)16-10-22-24(2)12-16/h7-13H,3-6H2,1-2H3,(H,21,23,26). The molecule has 1 atom stereocenters. The van der Waals surface area contributed by atoms with E-state index < -0.39 is 0 Å². The maximum Gasteiger partial charge on any atom is 0.242 e. The number of hydrogen-bond acceptors (Lipinski definition) is 5. The van der Waals surface area contributed by atoms with E-state index in [-0.39, 0.29) is 11.9 Å². The number of rotatable bonds is 4. The highest BCUT2D eigenvalue weighted by Crippen LogP contribution is 2.23. The molecule has 1 saturated heterocycles. The predicted molar refractivity (Wildman–Crippen MR) is 101 cm³/mol. The number of carbonyl (C=O) groups is 1. The van der Waals surface area contributed by atoms with Crippen LogP contribution < -0.4 is 5.32 Å². The summed E-state index contributed by atoms with van der Waals surface area (Å²) < 4.78 is 1.76. The molecular formula is C19H22N6O. The zero-order chi connectivity index (χ0) is 18.1. The molecule has 3 aromatic rings. The van der Waals surface area contributed by atoms with Gasteiger partial charge in [0.2, 0.25) is 5.91 Å². The Morgan fingerprint density at radius 2 is 1.92 bits per heavy atom. The summed E-state index contributed by atoms with van der Waals surface area (Å²) in [7, 11) is 1.89. The molecule has 4 heterocycles. The molecule has 134 valence electrons. The Balaban J connectivity index is 1.57. The van der Waals surface area contributed by atoms with Gasteiger partial charge in [-0.15, -0.1) is 0 Å². The molecule has 1 N–H and O–H groups in total. The number of amides is 1. The second kappa shape index (κ2) is 6.84. The number of anilines is 1. The van der Waals surface area contributed by atoms with Crippen LogP contribution in [0, 0.1) is 0 Å². The van der Waals surface area contributed by atoms with Crippen molar-refractivity contribution in [3.05, 3.63) is 36.9 Å². The lowest BCUT2D eigenvalue weighted by molar-refractivity contribution is -0.120. The van der Waals surface area contributed by atoms with Crippen molar-refractivity contribution < 1.29 is 4.79 Å². The van der Waals surface area contributed by atoms with Crippen molar-refractivity contribution >= 4 is 22.6 Å². The van der Waals surface area contributed by atoms with Gasteiger partial charge in [-0.3, -0.25) is 19.4 Å². The van der Waals surface area contributed by atoms with E-state index in [1.807, 2.05) is 44.7 Å². The summed E-state index contributed by atoms with van der Waals surface area (Å²) in [5.41, 5.74) is 2.79. The number of aromatic nitrogens is 4. The number of fused-ring (bicyclic) bond motifs is 1. The minimum absolute atomic E-state index is 0.0184. The van der Waals surface area contributed by atoms with E-state index in [1.165, 1.54) is 0 Å². The smallest absolute Gasteiger partial charge is 0.242 e. The molecule has 0 saturated carbocycles. The average Bonchev–Trinajstić information content (AvgIpc) is 3.32. The van der Waals surface area contributed by atoms with Gasteiger partial charge in [-0.1, -0.05) is 0 Å². The molecule has 3 aromatic heterocycles. The van der Waals surface area contributed by atoms with Crippen molar-refractivity contribution in [3.63, 3.8) is 0 Å². The Kier molecular flexibility index (Phi) is 4.38. The molecule has 4 rings (SSSR count). The van der Waals surface area contributed by atoms with Gasteiger partial charge in [-0.25, -0.2) is 4.98 Å². The fourth-order valence-corrected chi connectivity index (χ4v) is 3.35. The highest BCUT2D eigenvalue weighted by molar-refractivity contribution is 5.95. The van der Waals surface area contributed by atoms with Gasteiger partial charge in [-0.2, -0.15) is 5.10 Å². The number of hydrogen-bond donors (Lipinski definition) is 1. The first-order valence-corrected chi connectivity index (χ1v) is 8.90. The summed E-state index contributed by atoms with van der Waals surface area (Å²) in [5, 5.41) is 8.08. The first-order chi connectivity index (χ1) is 12.6. The summed E-state index contributed by atoms with van der Waals surface area (Å²) in [6, 6.07) is 3.77. The van der Waals surface area contributed by atoms with E-state index in [2.05, 4.69) is 25.3 Å². The molecule has 0 bridgehead atoms. The van der Waals surface area contributed by atoms with E-state index in [4.69, 9.17) is 0 Å². The number of likely N-dealkylation sites (tertiary alicyclic amines) is 1. The summed E-state index contributed by atoms with van der Waals surface area (Å²) in [6.45, 7) is 3.92. The Labute approximate surface area is 152 Å². The van der Waals surface area contributed by atoms with Crippen LogP contribution in [0.1, 0.15) is 19.8 Å². The topological polar surface area (TPSA) is 75.9 Å². The van der Waals surface area contributed by atoms with Crippen molar-refractivity contribution in [2.75, 3.05) is 18.4 Å². The van der Waals surface area contributed by atoms with Gasteiger partial charge in [0.05, 0.1) is 24.0 Å². The van der Waals surface area contributed by atoms with Gasteiger partial charge in [-0.05, 0) is 45.0 Å². The van der Waals surface area contributed by atoms with Crippen LogP contribution in [0.4, 0.5) is 5.82 Å². The van der Waals surface area contributed by atoms with E-state index >= 15 is 0 Å². The number of carbonyl (C=O) groups excluding carboxylic acids is 1. The molecule has 7 nitrogen and oxygen atoms in total. The van der Waals surface area contributed by atoms with Gasteiger partial charge < -0.3 is 5.32 Å². The molecule has 0 aromatic carbocycles. The van der Waals surface area contributed by atoms with Gasteiger partial charge in [0.1, 0.15) is 5.82 Å². The quantitative estimate of drug-likeness (QED) is 0.782. The molecule has 1 amide bonds. The monoisotopic (exact) mass is 350 g/mol. The summed E-state index contributed by atoms with van der Waals surface area (Å²) in [4.78, 5) is 23.5. The fraction of sp³-hybridized carbons (Fsp3) is 0.368. The van der Waals surface area contributed by atoms with Crippen molar-refractivity contribution in [2.45, 2.75) is 25.8 Å². The molecule has 7 heteroatoms. The van der Waals surface area contributed by atoms with E-state index in [0.29, 0.717) is 5.82 Å². The number of nitrogens with one attached hydrogen (secondary N) is 1. The van der Waals surface area contributed by atoms with Crippen LogP contribution >= 0.6 is 0 Å². The zero-order valence-corrected chi connectivity index (χ0v) is 15.0. The Morgan fingerprint density at radius 1 is 1.12 bits per heavy atom. The third-order valence-electron chi connectivity index (χ3n) is 4.92. The van der Waals surface area contributed by atoms with Crippen LogP contribution in [0.25, 0.3) is 22.0 Å². The number of aryl methyl sites for hydroxylation is 1. The normalized spacial score (nSPS) is 16.1. The lowest BCUT2D eigenvalue weighted by Gasteiger charge is -2.22. The van der Waals surface area contributed by atoms with Crippen molar-refractivity contribution in [1.29, 1.82) is 0 Å². The Hall–Kier alpha value is -2.80. The highest BCUT2D eigenvalue weighted by Gasteiger charge is 2.24. The molecule has 0 spiro atoms. The van der Waals surface area contributed by atoms with Crippen LogP contribution in [0.5, 0.6) is 0 Å². The average molecular weight is 350 g/mol. The summed E-state index contributed by atoms with van der Waals surface area (Å²) in [6.07, 6.45) is 9.59. The van der Waals surface area contributed by atoms with Crippen LogP contribution in [0.15, 0.2) is 36.9 Å². The Morgan fingerprint density at radius 3 is 2.65 bits per heavy atom. The van der Waals surface area contributed by atoms with E-state index in [0.717, 1.165) is 48.0 Å². The lowest BCUT2D eigenvalue weighted by Crippen LogP contribution is -2.40. The summed E-state index contributed by atoms with van der Waals surface area (Å²) in [5.74, 6) is 0.536. The number of pyridine rings is 2. The first-order valence-electron chi connectivity index (χ1n) is 8.90. The van der Waals surface area contributed by atoms with Gasteiger partial charge in [0.15, 0.2) is 0 Å². The predicted octanol–water partition coefficient (Wildman–Crippen LogP) is 2.45. The third-order valence-corrected chi connectivity index (χ3v) is 4.92. The molecule has 1 unspecified atom stereocenters. The molecule has 26 heavy (non-hydrogen) atoms. The molecule has 0 aliphatic carbocycles. The zero-order valence-electron chi connectivity index (χ0n) is 15.0. The molecule has 0 radical (unpaired) electrons. The second-order valence-corrected chi connectivity index (χ2v) is 6.80.